The van der Waals surface area contributed by atoms with Gasteiger partial charge in [-0.1, -0.05) is 0 Å². The van der Waals surface area contributed by atoms with Gasteiger partial charge in [-0.05, 0) is 24.3 Å². The molecule has 0 aliphatic heterocycles. The number of benzene rings is 2. The van der Waals surface area contributed by atoms with Crippen LogP contribution in [0.15, 0.2) is 36.4 Å². The second-order valence-corrected chi connectivity index (χ2v) is 5.17. The van der Waals surface area contributed by atoms with Crippen molar-refractivity contribution in [3.63, 3.8) is 0 Å². The van der Waals surface area contributed by atoms with Gasteiger partial charge >= 0.3 is 11.9 Å². The Kier molecular flexibility index (Phi) is 5.63. The second-order valence-electron chi connectivity index (χ2n) is 5.17. The van der Waals surface area contributed by atoms with Crippen molar-refractivity contribution in [2.24, 2.45) is 0 Å². The molecule has 0 unspecified atom stereocenters. The summed E-state index contributed by atoms with van der Waals surface area (Å²) < 4.78 is 9.39. The smallest absolute Gasteiger partial charge is 0.338 e. The molecule has 0 spiro atoms. The number of carbonyl (C=O) groups is 3. The number of phenolic OH excluding ortho intramolecular Hbond substituents is 4. The number of ketones is 1. The molecule has 2 rings (SSSR count). The first-order valence-corrected chi connectivity index (χ1v) is 7.16. The zero-order valence-electron chi connectivity index (χ0n) is 13.2. The fraction of sp³-hybridized carbons (Fsp3) is 0.118. The molecule has 0 aliphatic carbocycles. The van der Waals surface area contributed by atoms with Crippen molar-refractivity contribution in [1.29, 1.82) is 0 Å². The van der Waals surface area contributed by atoms with Gasteiger partial charge in [-0.2, -0.15) is 0 Å². The standard InChI is InChI=1S/C17H14O9/c18-11-1-9(2-12(19)5-11)16(23)25-7-15(22)8-26-17(24)10-3-13(20)6-14(21)4-10/h1-6,18-21H,7-8H2. The third-order valence-corrected chi connectivity index (χ3v) is 3.00. The first-order chi connectivity index (χ1) is 12.2. The van der Waals surface area contributed by atoms with E-state index in [0.29, 0.717) is 0 Å². The van der Waals surface area contributed by atoms with Crippen LogP contribution >= 0.6 is 0 Å². The van der Waals surface area contributed by atoms with Crippen LogP contribution in [0.1, 0.15) is 20.7 Å². The number of rotatable bonds is 6. The van der Waals surface area contributed by atoms with Gasteiger partial charge in [0.15, 0.2) is 13.2 Å². The summed E-state index contributed by atoms with van der Waals surface area (Å²) in [5, 5.41) is 37.1. The molecule has 0 saturated carbocycles. The molecule has 0 aliphatic rings. The lowest BCUT2D eigenvalue weighted by molar-refractivity contribution is -0.125. The van der Waals surface area contributed by atoms with Crippen molar-refractivity contribution in [3.8, 4) is 23.0 Å². The largest absolute Gasteiger partial charge is 0.508 e. The topological polar surface area (TPSA) is 151 Å². The molecule has 0 fully saturated rings. The SMILES string of the molecule is O=C(COC(=O)c1cc(O)cc(O)c1)COC(=O)c1cc(O)cc(O)c1. The van der Waals surface area contributed by atoms with E-state index in [2.05, 4.69) is 0 Å². The van der Waals surface area contributed by atoms with Crippen LogP contribution in [0.4, 0.5) is 0 Å². The van der Waals surface area contributed by atoms with Gasteiger partial charge in [0.1, 0.15) is 23.0 Å². The van der Waals surface area contributed by atoms with Crippen molar-refractivity contribution in [3.05, 3.63) is 47.5 Å². The van der Waals surface area contributed by atoms with Crippen LogP contribution in [0.3, 0.4) is 0 Å². The Morgan fingerprint density at radius 1 is 0.615 bits per heavy atom. The van der Waals surface area contributed by atoms with Crippen LogP contribution in [0, 0.1) is 0 Å². The van der Waals surface area contributed by atoms with Gasteiger partial charge in [0.05, 0.1) is 11.1 Å². The van der Waals surface area contributed by atoms with Gasteiger partial charge in [0.2, 0.25) is 5.78 Å². The number of ether oxygens (including phenoxy) is 2. The van der Waals surface area contributed by atoms with Crippen molar-refractivity contribution < 1.29 is 44.3 Å². The van der Waals surface area contributed by atoms with E-state index in [1.54, 1.807) is 0 Å². The van der Waals surface area contributed by atoms with Gasteiger partial charge in [0.25, 0.3) is 0 Å². The van der Waals surface area contributed by atoms with Gasteiger partial charge in [0, 0.05) is 12.1 Å². The first kappa shape index (κ1) is 18.6. The summed E-state index contributed by atoms with van der Waals surface area (Å²) in [4.78, 5) is 35.1. The Morgan fingerprint density at radius 2 is 0.923 bits per heavy atom. The molecule has 0 amide bonds. The van der Waals surface area contributed by atoms with Crippen molar-refractivity contribution >= 4 is 17.7 Å². The Labute approximate surface area is 146 Å². The molecule has 9 nitrogen and oxygen atoms in total. The summed E-state index contributed by atoms with van der Waals surface area (Å²) in [6.07, 6.45) is 0. The highest BCUT2D eigenvalue weighted by atomic mass is 16.6. The molecule has 0 bridgehead atoms. The van der Waals surface area contributed by atoms with E-state index in [0.717, 1.165) is 36.4 Å². The van der Waals surface area contributed by atoms with Crippen molar-refractivity contribution in [1.82, 2.24) is 0 Å². The Hall–Kier alpha value is -3.75. The van der Waals surface area contributed by atoms with Gasteiger partial charge in [-0.3, -0.25) is 4.79 Å². The predicted molar refractivity (Wildman–Crippen MR) is 85.1 cm³/mol. The number of hydrogen-bond donors (Lipinski definition) is 4. The van der Waals surface area contributed by atoms with Crippen molar-refractivity contribution in [2.75, 3.05) is 13.2 Å². The van der Waals surface area contributed by atoms with E-state index >= 15 is 0 Å². The van der Waals surface area contributed by atoms with E-state index in [1.165, 1.54) is 0 Å². The monoisotopic (exact) mass is 362 g/mol. The van der Waals surface area contributed by atoms with E-state index in [9.17, 15) is 34.8 Å². The molecule has 2 aromatic carbocycles. The summed E-state index contributed by atoms with van der Waals surface area (Å²) in [6, 6.07) is 6.20. The zero-order chi connectivity index (χ0) is 19.3. The molecule has 4 N–H and O–H groups in total. The van der Waals surface area contributed by atoms with Crippen LogP contribution in [0.2, 0.25) is 0 Å². The molecule has 0 radical (unpaired) electrons. The van der Waals surface area contributed by atoms with Gasteiger partial charge in [-0.15, -0.1) is 0 Å². The molecule has 9 heteroatoms. The fourth-order valence-corrected chi connectivity index (χ4v) is 1.93. The molecule has 136 valence electrons. The number of aromatic hydroxyl groups is 4. The molecular weight excluding hydrogens is 348 g/mol. The van der Waals surface area contributed by atoms with Crippen LogP contribution in [0.5, 0.6) is 23.0 Å². The number of carbonyl (C=O) groups excluding carboxylic acids is 3. The van der Waals surface area contributed by atoms with Crippen LogP contribution in [-0.2, 0) is 14.3 Å². The maximum atomic E-state index is 11.7. The zero-order valence-corrected chi connectivity index (χ0v) is 13.2. The minimum atomic E-state index is -0.964. The molecular formula is C17H14O9. The lowest BCUT2D eigenvalue weighted by atomic mass is 10.2. The summed E-state index contributed by atoms with van der Waals surface area (Å²) in [7, 11) is 0. The molecule has 2 aromatic rings. The van der Waals surface area contributed by atoms with E-state index in [1.807, 2.05) is 0 Å². The summed E-state index contributed by atoms with van der Waals surface area (Å²) in [6.45, 7) is -1.40. The third kappa shape index (κ3) is 5.13. The number of esters is 2. The summed E-state index contributed by atoms with van der Waals surface area (Å²) in [5.41, 5.74) is -0.329. The van der Waals surface area contributed by atoms with Gasteiger partial charge in [-0.25, -0.2) is 9.59 Å². The Balaban J connectivity index is 1.85. The highest BCUT2D eigenvalue weighted by molar-refractivity contribution is 5.94. The Bertz CT molecular complexity index is 747. The average molecular weight is 362 g/mol. The quantitative estimate of drug-likeness (QED) is 0.554. The summed E-state index contributed by atoms with van der Waals surface area (Å²) in [5.74, 6) is -4.08. The van der Waals surface area contributed by atoms with Crippen LogP contribution in [0.25, 0.3) is 0 Å². The first-order valence-electron chi connectivity index (χ1n) is 7.16. The number of phenols is 4. The van der Waals surface area contributed by atoms with Crippen LogP contribution in [-0.4, -0.2) is 51.4 Å². The molecule has 0 heterocycles. The normalized spacial score (nSPS) is 10.2. The number of hydrogen-bond acceptors (Lipinski definition) is 9. The average Bonchev–Trinajstić information content (AvgIpc) is 2.55. The predicted octanol–water partition coefficient (Wildman–Crippen LogP) is 1.09. The van der Waals surface area contributed by atoms with E-state index < -0.39 is 30.9 Å². The maximum absolute atomic E-state index is 11.7. The third-order valence-electron chi connectivity index (χ3n) is 3.00. The minimum Gasteiger partial charge on any atom is -0.508 e. The highest BCUT2D eigenvalue weighted by Crippen LogP contribution is 2.21. The number of Topliss-reactive ketones (excluding diaryl/α,β-unsaturated/α-hetero) is 1. The lowest BCUT2D eigenvalue weighted by Crippen LogP contribution is -2.20. The Morgan fingerprint density at radius 3 is 1.23 bits per heavy atom. The molecule has 0 saturated heterocycles. The maximum Gasteiger partial charge on any atom is 0.338 e. The summed E-state index contributed by atoms with van der Waals surface area (Å²) >= 11 is 0. The highest BCUT2D eigenvalue weighted by Gasteiger charge is 2.15. The molecule has 0 aromatic heterocycles. The van der Waals surface area contributed by atoms with Gasteiger partial charge < -0.3 is 29.9 Å². The fourth-order valence-electron chi connectivity index (χ4n) is 1.93. The molecule has 0 atom stereocenters. The van der Waals surface area contributed by atoms with E-state index in [4.69, 9.17) is 9.47 Å². The van der Waals surface area contributed by atoms with Crippen molar-refractivity contribution in [2.45, 2.75) is 0 Å². The minimum absolute atomic E-state index is 0.164. The molecule has 26 heavy (non-hydrogen) atoms. The van der Waals surface area contributed by atoms with E-state index in [-0.39, 0.29) is 34.1 Å². The lowest BCUT2D eigenvalue weighted by Gasteiger charge is -2.07. The van der Waals surface area contributed by atoms with Crippen LogP contribution < -0.4 is 0 Å². The second kappa shape index (κ2) is 7.88.